The van der Waals surface area contributed by atoms with E-state index in [0.29, 0.717) is 51.1 Å². The molecule has 0 aliphatic rings. The number of fused-ring (bicyclic) bond motifs is 1. The number of nitrogens with two attached hydrogens (primary N) is 1. The van der Waals surface area contributed by atoms with Crippen LogP contribution in [0.5, 0.6) is 0 Å². The van der Waals surface area contributed by atoms with E-state index in [2.05, 4.69) is 53.6 Å². The number of alkyl halides is 3. The highest BCUT2D eigenvalue weighted by molar-refractivity contribution is 5.99. The summed E-state index contributed by atoms with van der Waals surface area (Å²) in [5, 5.41) is 8.06. The lowest BCUT2D eigenvalue weighted by Crippen LogP contribution is -2.58. The summed E-state index contributed by atoms with van der Waals surface area (Å²) < 4.78 is 96.2. The molecule has 0 saturated heterocycles. The van der Waals surface area contributed by atoms with Gasteiger partial charge in [0.15, 0.2) is 11.2 Å². The number of terminal acetylenes is 3. The Hall–Kier alpha value is -7.30. The summed E-state index contributed by atoms with van der Waals surface area (Å²) in [5.41, 5.74) is 1.60. The van der Waals surface area contributed by atoms with Gasteiger partial charge in [-0.2, -0.15) is 18.2 Å². The molecule has 1 aromatic carbocycles. The highest BCUT2D eigenvalue weighted by Crippen LogP contribution is 2.26. The lowest BCUT2D eigenvalue weighted by molar-refractivity contribution is -0.170. The molecule has 0 radical (unpaired) electrons. The first kappa shape index (κ1) is 68.0. The van der Waals surface area contributed by atoms with Crippen molar-refractivity contribution in [2.45, 2.75) is 69.9 Å². The molecule has 81 heavy (non-hydrogen) atoms. The lowest BCUT2D eigenvalue weighted by atomic mass is 10.0. The fourth-order valence-electron chi connectivity index (χ4n) is 6.80. The molecule has 2 heterocycles. The second kappa shape index (κ2) is 36.9. The number of halogens is 3. The van der Waals surface area contributed by atoms with Gasteiger partial charge in [-0.1, -0.05) is 17.8 Å². The smallest absolute Gasteiger partial charge is 0.458 e. The molecular formula is C53H70F3N9O16. The van der Waals surface area contributed by atoms with Gasteiger partial charge in [0, 0.05) is 30.6 Å². The summed E-state index contributed by atoms with van der Waals surface area (Å²) in [6, 6.07) is 3.11. The quantitative estimate of drug-likeness (QED) is 0.0302. The van der Waals surface area contributed by atoms with Crippen LogP contribution in [0, 0.1) is 37.0 Å². The predicted molar refractivity (Wildman–Crippen MR) is 285 cm³/mol. The number of amides is 4. The van der Waals surface area contributed by atoms with E-state index in [1.54, 1.807) is 20.8 Å². The van der Waals surface area contributed by atoms with Crippen LogP contribution in [-0.2, 0) is 73.1 Å². The van der Waals surface area contributed by atoms with Gasteiger partial charge >= 0.3 is 18.1 Å². The number of esters is 1. The molecule has 3 rings (SSSR count). The largest absolute Gasteiger partial charge is 0.471 e. The first-order chi connectivity index (χ1) is 38.7. The maximum Gasteiger partial charge on any atom is 0.471 e. The Morgan fingerprint density at radius 2 is 1.21 bits per heavy atom. The van der Waals surface area contributed by atoms with E-state index in [4.69, 9.17) is 72.4 Å². The number of aromatic amines is 1. The molecule has 25 nitrogen and oxygen atoms in total. The van der Waals surface area contributed by atoms with Crippen molar-refractivity contribution in [3.8, 4) is 37.0 Å². The second-order valence-electron chi connectivity index (χ2n) is 18.2. The number of nitrogens with zero attached hydrogens (tertiary/aromatic N) is 4. The standard InChI is InChI=1S/C53H70F3N9O16/c1-7-18-78-35-52(36-79-19-8-2,37-80-20-9-3)64-43(67)16-21-72-23-25-74-27-29-76-31-32-77-30-28-75-26-24-73-22-17-58-42(66)15-14-41(48(70)81-51(4,5)6)61-46(68)38-10-12-40(13-11-38)65(49(71)53(54,55)56)34-39-33-59-45-44(60-39)47(69)63-50(57)62-45/h1-3,10-13,33,41H,14-32,34-37H2,4-6H3,(H,58,66)(H,61,68)(H,64,67)(H3,57,59,62,63,69). The average molecular weight is 1150 g/mol. The first-order valence-electron chi connectivity index (χ1n) is 25.3. The molecule has 4 amide bonds. The van der Waals surface area contributed by atoms with Crippen LogP contribution in [-0.4, -0.2) is 198 Å². The maximum atomic E-state index is 13.8. The van der Waals surface area contributed by atoms with Gasteiger partial charge in [0.1, 0.15) is 37.0 Å². The monoisotopic (exact) mass is 1150 g/mol. The Labute approximate surface area is 466 Å². The number of H-pyrrole nitrogens is 1. The fourth-order valence-corrected chi connectivity index (χ4v) is 6.80. The van der Waals surface area contributed by atoms with Crippen molar-refractivity contribution in [3.63, 3.8) is 0 Å². The Balaban J connectivity index is 1.27. The van der Waals surface area contributed by atoms with Gasteiger partial charge < -0.3 is 69.1 Å². The van der Waals surface area contributed by atoms with Gasteiger partial charge in [-0.15, -0.1) is 19.3 Å². The molecule has 444 valence electrons. The molecule has 0 spiro atoms. The van der Waals surface area contributed by atoms with Crippen molar-refractivity contribution in [1.29, 1.82) is 0 Å². The SMILES string of the molecule is C#CCOCC(COCC#C)(COCC#C)NC(=O)CCOCCOCCOCCOCCOCCOCCNC(=O)CCC(NC(=O)c1ccc(N(Cc2cnc3nc(N)[nH]c(=O)c3n2)C(=O)C(F)(F)F)cc1)C(=O)OC(C)(C)C. The summed E-state index contributed by atoms with van der Waals surface area (Å²) in [5.74, 6) is 2.13. The normalized spacial score (nSPS) is 11.9. The van der Waals surface area contributed by atoms with Gasteiger partial charge in [0.05, 0.1) is 118 Å². The number of ether oxygens (including phenoxy) is 10. The van der Waals surface area contributed by atoms with E-state index >= 15 is 0 Å². The van der Waals surface area contributed by atoms with Gasteiger partial charge in [0.2, 0.25) is 17.8 Å². The van der Waals surface area contributed by atoms with E-state index in [1.165, 1.54) is 0 Å². The van der Waals surface area contributed by atoms with E-state index in [1.807, 2.05) is 0 Å². The zero-order chi connectivity index (χ0) is 59.5. The number of hydrogen-bond donors (Lipinski definition) is 5. The minimum atomic E-state index is -5.33. The van der Waals surface area contributed by atoms with Crippen LogP contribution in [0.15, 0.2) is 35.3 Å². The maximum absolute atomic E-state index is 13.8. The highest BCUT2D eigenvalue weighted by atomic mass is 19.4. The molecule has 0 aliphatic heterocycles. The van der Waals surface area contributed by atoms with Crippen molar-refractivity contribution < 1.29 is 84.5 Å². The molecule has 1 unspecified atom stereocenters. The number of nitrogens with one attached hydrogen (secondary N) is 4. The highest BCUT2D eigenvalue weighted by Gasteiger charge is 2.43. The van der Waals surface area contributed by atoms with Gasteiger partial charge in [-0.3, -0.25) is 33.9 Å². The third-order valence-corrected chi connectivity index (χ3v) is 10.4. The van der Waals surface area contributed by atoms with Gasteiger partial charge in [-0.25, -0.2) is 14.8 Å². The molecule has 3 aromatic rings. The minimum Gasteiger partial charge on any atom is -0.458 e. The number of carbonyl (C=O) groups excluding carboxylic acids is 5. The minimum absolute atomic E-state index is 0.00814. The second-order valence-corrected chi connectivity index (χ2v) is 18.2. The molecule has 0 saturated carbocycles. The molecule has 1 atom stereocenters. The first-order valence-corrected chi connectivity index (χ1v) is 25.3. The Kier molecular flexibility index (Phi) is 30.9. The molecule has 0 fully saturated rings. The van der Waals surface area contributed by atoms with Crippen molar-refractivity contribution in [2.24, 2.45) is 0 Å². The third kappa shape index (κ3) is 27.6. The molecule has 2 aromatic heterocycles. The average Bonchev–Trinajstić information content (AvgIpc) is 3.41. The number of anilines is 2. The summed E-state index contributed by atoms with van der Waals surface area (Å²) in [6.07, 6.45) is 11.2. The van der Waals surface area contributed by atoms with Crippen LogP contribution in [0.3, 0.4) is 0 Å². The number of aromatic nitrogens is 4. The zero-order valence-electron chi connectivity index (χ0n) is 45.5. The lowest BCUT2D eigenvalue weighted by Gasteiger charge is -2.33. The summed E-state index contributed by atoms with van der Waals surface area (Å²) in [7, 11) is 0. The Bertz CT molecular complexity index is 2580. The van der Waals surface area contributed by atoms with Crippen molar-refractivity contribution >= 4 is 52.4 Å². The van der Waals surface area contributed by atoms with E-state index in [9.17, 15) is 41.9 Å². The van der Waals surface area contributed by atoms with E-state index < -0.39 is 59.2 Å². The number of carbonyl (C=O) groups is 5. The van der Waals surface area contributed by atoms with Crippen LogP contribution < -0.4 is 32.1 Å². The predicted octanol–water partition coefficient (Wildman–Crippen LogP) is 1.02. The fraction of sp³-hybridized carbons (Fsp3) is 0.566. The third-order valence-electron chi connectivity index (χ3n) is 10.4. The number of hydrogen-bond acceptors (Lipinski definition) is 20. The van der Waals surface area contributed by atoms with Crippen molar-refractivity contribution in [2.75, 3.05) is 136 Å². The Morgan fingerprint density at radius 1 is 0.704 bits per heavy atom. The van der Waals surface area contributed by atoms with Crippen LogP contribution in [0.25, 0.3) is 11.2 Å². The molecule has 0 bridgehead atoms. The van der Waals surface area contributed by atoms with Gasteiger partial charge in [-0.05, 0) is 51.5 Å². The summed E-state index contributed by atoms with van der Waals surface area (Å²) in [6.45, 7) is 7.56. The van der Waals surface area contributed by atoms with Crippen molar-refractivity contribution in [3.05, 3.63) is 52.1 Å². The molecular weight excluding hydrogens is 1080 g/mol. The number of benzene rings is 1. The number of nitrogen functional groups attached to an aromatic ring is 1. The topological polar surface area (TPSA) is 315 Å². The van der Waals surface area contributed by atoms with Crippen LogP contribution in [0.2, 0.25) is 0 Å². The number of rotatable bonds is 40. The van der Waals surface area contributed by atoms with Crippen molar-refractivity contribution in [1.82, 2.24) is 35.9 Å². The van der Waals surface area contributed by atoms with E-state index in [-0.39, 0.29) is 138 Å². The zero-order valence-corrected chi connectivity index (χ0v) is 45.5. The summed E-state index contributed by atoms with van der Waals surface area (Å²) >= 11 is 0. The van der Waals surface area contributed by atoms with Crippen LogP contribution in [0.1, 0.15) is 56.1 Å². The molecule has 28 heteroatoms. The van der Waals surface area contributed by atoms with Crippen LogP contribution in [0.4, 0.5) is 24.8 Å². The van der Waals surface area contributed by atoms with Crippen LogP contribution >= 0.6 is 0 Å². The molecule has 0 aliphatic carbocycles. The van der Waals surface area contributed by atoms with E-state index in [0.717, 1.165) is 30.5 Å². The van der Waals surface area contributed by atoms with Gasteiger partial charge in [0.25, 0.3) is 11.5 Å². The Morgan fingerprint density at radius 3 is 1.70 bits per heavy atom. The molecule has 6 N–H and O–H groups in total. The summed E-state index contributed by atoms with van der Waals surface area (Å²) in [4.78, 5) is 91.2.